The summed E-state index contributed by atoms with van der Waals surface area (Å²) in [4.78, 5) is 0. The van der Waals surface area contributed by atoms with Crippen molar-refractivity contribution in [1.29, 1.82) is 0 Å². The van der Waals surface area contributed by atoms with Gasteiger partial charge in [0.1, 0.15) is 11.6 Å². The Kier molecular flexibility index (Phi) is 6.92. The Balaban J connectivity index is 1.32. The van der Waals surface area contributed by atoms with Gasteiger partial charge < -0.3 is 9.30 Å². The summed E-state index contributed by atoms with van der Waals surface area (Å²) in [5, 5.41) is 0. The second-order valence-corrected chi connectivity index (χ2v) is 13.8. The molecule has 2 aromatic rings. The fraction of sp³-hybridized carbons (Fsp3) is 0.556. The largest absolute Gasteiger partial charge is 0.493 e. The third kappa shape index (κ3) is 6.22. The van der Waals surface area contributed by atoms with E-state index in [0.717, 1.165) is 55.3 Å². The molecule has 2 fully saturated rings. The number of benzene rings is 2. The summed E-state index contributed by atoms with van der Waals surface area (Å²) in [6, 6.07) is 13.9. The summed E-state index contributed by atoms with van der Waals surface area (Å²) in [7, 11) is -2.06. The molecular weight excluding hydrogens is 406 g/mol. The van der Waals surface area contributed by atoms with Crippen LogP contribution in [0.15, 0.2) is 42.5 Å². The lowest BCUT2D eigenvalue weighted by Crippen LogP contribution is -2.20. The molecular formula is C27H36FO2P. The van der Waals surface area contributed by atoms with E-state index in [9.17, 15) is 8.96 Å². The van der Waals surface area contributed by atoms with E-state index < -0.39 is 7.14 Å². The first-order valence-corrected chi connectivity index (χ1v) is 14.6. The first kappa shape index (κ1) is 22.6. The van der Waals surface area contributed by atoms with E-state index in [1.807, 2.05) is 38.5 Å². The third-order valence-electron chi connectivity index (χ3n) is 7.04. The maximum Gasteiger partial charge on any atom is 0.126 e. The molecule has 2 aromatic carbocycles. The first-order chi connectivity index (χ1) is 14.8. The molecule has 0 amide bonds. The lowest BCUT2D eigenvalue weighted by Gasteiger charge is -2.29. The Hall–Kier alpha value is -1.60. The summed E-state index contributed by atoms with van der Waals surface area (Å²) >= 11 is 0. The van der Waals surface area contributed by atoms with E-state index in [-0.39, 0.29) is 5.82 Å². The van der Waals surface area contributed by atoms with Crippen molar-refractivity contribution >= 4 is 7.14 Å². The van der Waals surface area contributed by atoms with Crippen molar-refractivity contribution in [3.63, 3.8) is 0 Å². The highest BCUT2D eigenvalue weighted by Crippen LogP contribution is 2.51. The average molecular weight is 443 g/mol. The Bertz CT molecular complexity index is 938. The SMILES string of the molecule is Cc1ccc(F)c(C2CCC(COc3cccc([C@H](CP(C)(C)=O)C4CC4)c3)CC2)c1. The summed E-state index contributed by atoms with van der Waals surface area (Å²) in [5.74, 6) is 2.80. The van der Waals surface area contributed by atoms with E-state index in [4.69, 9.17) is 4.74 Å². The molecule has 1 atom stereocenters. The van der Waals surface area contributed by atoms with Crippen molar-refractivity contribution in [2.45, 2.75) is 57.3 Å². The summed E-state index contributed by atoms with van der Waals surface area (Å²) in [5.41, 5.74) is 3.30. The molecule has 0 saturated heterocycles. The fourth-order valence-corrected chi connectivity index (χ4v) is 6.62. The standard InChI is InChI=1S/C27H36FO2P/c1-19-7-14-27(28)25(15-19)21-10-8-20(9-11-21)17-30-24-6-4-5-23(16-24)26(22-12-13-22)18-31(2,3)29/h4-7,14-16,20-22,26H,8-13,17-18H2,1-3H3/t20?,21?,26-/m1/s1. The van der Waals surface area contributed by atoms with Crippen molar-refractivity contribution in [2.24, 2.45) is 11.8 Å². The highest BCUT2D eigenvalue weighted by molar-refractivity contribution is 7.62. The van der Waals surface area contributed by atoms with Gasteiger partial charge in [-0.1, -0.05) is 29.8 Å². The molecule has 0 radical (unpaired) electrons. The average Bonchev–Trinajstić information content (AvgIpc) is 3.58. The minimum absolute atomic E-state index is 0.0592. The van der Waals surface area contributed by atoms with Gasteiger partial charge in [-0.25, -0.2) is 4.39 Å². The smallest absolute Gasteiger partial charge is 0.126 e. The van der Waals surface area contributed by atoms with Crippen LogP contribution in [-0.4, -0.2) is 26.1 Å². The molecule has 0 aromatic heterocycles. The zero-order valence-electron chi connectivity index (χ0n) is 19.1. The highest BCUT2D eigenvalue weighted by atomic mass is 31.2. The first-order valence-electron chi connectivity index (χ1n) is 11.8. The van der Waals surface area contributed by atoms with Crippen LogP contribution in [0.3, 0.4) is 0 Å². The van der Waals surface area contributed by atoms with Crippen molar-refractivity contribution < 1.29 is 13.7 Å². The summed E-state index contributed by atoms with van der Waals surface area (Å²) in [6.07, 6.45) is 7.51. The molecule has 0 N–H and O–H groups in total. The van der Waals surface area contributed by atoms with Crippen LogP contribution in [0.2, 0.25) is 0 Å². The van der Waals surface area contributed by atoms with Gasteiger partial charge in [-0.05, 0) is 112 Å². The van der Waals surface area contributed by atoms with Gasteiger partial charge in [-0.2, -0.15) is 0 Å². The third-order valence-corrected chi connectivity index (χ3v) is 8.31. The normalized spacial score (nSPS) is 22.8. The van der Waals surface area contributed by atoms with E-state index in [2.05, 4.69) is 18.2 Å². The zero-order chi connectivity index (χ0) is 22.0. The molecule has 2 aliphatic rings. The molecule has 0 heterocycles. The lowest BCUT2D eigenvalue weighted by atomic mass is 9.78. The van der Waals surface area contributed by atoms with Crippen molar-refractivity contribution in [3.05, 3.63) is 65.0 Å². The lowest BCUT2D eigenvalue weighted by molar-refractivity contribution is 0.199. The Labute approximate surface area is 187 Å². The predicted octanol–water partition coefficient (Wildman–Crippen LogP) is 7.60. The van der Waals surface area contributed by atoms with Gasteiger partial charge in [0.05, 0.1) is 13.7 Å². The van der Waals surface area contributed by atoms with Crippen molar-refractivity contribution in [1.82, 2.24) is 0 Å². The van der Waals surface area contributed by atoms with Gasteiger partial charge in [-0.3, -0.25) is 0 Å². The van der Waals surface area contributed by atoms with Gasteiger partial charge in [0.15, 0.2) is 0 Å². The molecule has 31 heavy (non-hydrogen) atoms. The molecule has 2 saturated carbocycles. The van der Waals surface area contributed by atoms with Gasteiger partial charge in [0, 0.05) is 6.16 Å². The van der Waals surface area contributed by atoms with Crippen LogP contribution in [0.4, 0.5) is 4.39 Å². The molecule has 2 nitrogen and oxygen atoms in total. The van der Waals surface area contributed by atoms with Crippen molar-refractivity contribution in [3.8, 4) is 5.75 Å². The minimum atomic E-state index is -2.06. The van der Waals surface area contributed by atoms with Crippen molar-refractivity contribution in [2.75, 3.05) is 26.1 Å². The molecule has 0 unspecified atom stereocenters. The number of hydrogen-bond donors (Lipinski definition) is 0. The monoisotopic (exact) mass is 442 g/mol. The molecule has 168 valence electrons. The maximum absolute atomic E-state index is 14.2. The number of aryl methyl sites for hydroxylation is 1. The van der Waals surface area contributed by atoms with E-state index >= 15 is 0 Å². The molecule has 0 bridgehead atoms. The Morgan fingerprint density at radius 1 is 1.03 bits per heavy atom. The van der Waals surface area contributed by atoms with Crippen LogP contribution >= 0.6 is 7.14 Å². The van der Waals surface area contributed by atoms with Gasteiger partial charge in [-0.15, -0.1) is 0 Å². The van der Waals surface area contributed by atoms with Crippen LogP contribution in [-0.2, 0) is 4.57 Å². The molecule has 2 aliphatic carbocycles. The van der Waals surface area contributed by atoms with Gasteiger partial charge in [0.25, 0.3) is 0 Å². The summed E-state index contributed by atoms with van der Waals surface area (Å²) in [6.45, 7) is 6.56. The number of halogens is 1. The number of hydrogen-bond acceptors (Lipinski definition) is 2. The topological polar surface area (TPSA) is 26.3 Å². The van der Waals surface area contributed by atoms with E-state index in [0.29, 0.717) is 23.7 Å². The van der Waals surface area contributed by atoms with Gasteiger partial charge in [0.2, 0.25) is 0 Å². The highest BCUT2D eigenvalue weighted by Gasteiger charge is 2.35. The number of rotatable bonds is 8. The molecule has 0 spiro atoms. The molecule has 4 rings (SSSR count). The van der Waals surface area contributed by atoms with Crippen LogP contribution in [0, 0.1) is 24.6 Å². The van der Waals surface area contributed by atoms with Crippen LogP contribution < -0.4 is 4.74 Å². The number of ether oxygens (including phenoxy) is 1. The predicted molar refractivity (Wildman–Crippen MR) is 128 cm³/mol. The second kappa shape index (κ2) is 9.49. The fourth-order valence-electron chi connectivity index (χ4n) is 5.16. The Morgan fingerprint density at radius 3 is 2.45 bits per heavy atom. The molecule has 4 heteroatoms. The minimum Gasteiger partial charge on any atom is -0.493 e. The van der Waals surface area contributed by atoms with Crippen LogP contribution in [0.1, 0.15) is 67.1 Å². The Morgan fingerprint density at radius 2 is 1.77 bits per heavy atom. The quantitative estimate of drug-likeness (QED) is 0.393. The summed E-state index contributed by atoms with van der Waals surface area (Å²) < 4.78 is 32.9. The van der Waals surface area contributed by atoms with Crippen LogP contribution in [0.25, 0.3) is 0 Å². The van der Waals surface area contributed by atoms with Crippen LogP contribution in [0.5, 0.6) is 5.75 Å². The van der Waals surface area contributed by atoms with Gasteiger partial charge >= 0.3 is 0 Å². The van der Waals surface area contributed by atoms with E-state index in [1.165, 1.54) is 18.4 Å². The maximum atomic E-state index is 14.2. The van der Waals surface area contributed by atoms with E-state index in [1.54, 1.807) is 6.07 Å². The second-order valence-electron chi connectivity index (χ2n) is 10.3. The zero-order valence-corrected chi connectivity index (χ0v) is 20.0. The molecule has 0 aliphatic heterocycles.